The van der Waals surface area contributed by atoms with Crippen LogP contribution in [0.25, 0.3) is 22.3 Å². The van der Waals surface area contributed by atoms with Crippen LogP contribution in [0.2, 0.25) is 0 Å². The van der Waals surface area contributed by atoms with Gasteiger partial charge in [0.1, 0.15) is 5.75 Å². The zero-order valence-electron chi connectivity index (χ0n) is 25.1. The van der Waals surface area contributed by atoms with Crippen LogP contribution in [-0.2, 0) is 26.0 Å². The van der Waals surface area contributed by atoms with Crippen molar-refractivity contribution in [2.45, 2.75) is 64.1 Å². The second-order valence-corrected chi connectivity index (χ2v) is 13.6. The molecule has 1 aliphatic heterocycles. The van der Waals surface area contributed by atoms with Gasteiger partial charge in [-0.1, -0.05) is 48.5 Å². The summed E-state index contributed by atoms with van der Waals surface area (Å²) < 4.78 is 42.2. The van der Waals surface area contributed by atoms with Crippen molar-refractivity contribution in [2.75, 3.05) is 11.3 Å². The molecule has 5 rings (SSSR count). The largest absolute Gasteiger partial charge is 0.493 e. The maximum Gasteiger partial charge on any atom is 0.337 e. The summed E-state index contributed by atoms with van der Waals surface area (Å²) in [6, 6.07) is 23.9. The van der Waals surface area contributed by atoms with Crippen LogP contribution in [0.5, 0.6) is 5.75 Å². The molecule has 0 spiro atoms. The first-order valence-electron chi connectivity index (χ1n) is 14.3. The van der Waals surface area contributed by atoms with Gasteiger partial charge in [-0.05, 0) is 117 Å². The van der Waals surface area contributed by atoms with E-state index in [1.807, 2.05) is 61.5 Å². The lowest BCUT2D eigenvalue weighted by molar-refractivity contribution is -0.160. The van der Waals surface area contributed by atoms with Gasteiger partial charge in [-0.3, -0.25) is 4.72 Å². The molecule has 43 heavy (non-hydrogen) atoms. The van der Waals surface area contributed by atoms with Crippen molar-refractivity contribution < 1.29 is 27.8 Å². The summed E-state index contributed by atoms with van der Waals surface area (Å²) in [5.74, 6) is -0.329. The van der Waals surface area contributed by atoms with Crippen LogP contribution in [0, 0.1) is 13.8 Å². The minimum Gasteiger partial charge on any atom is -0.493 e. The van der Waals surface area contributed by atoms with Crippen molar-refractivity contribution in [3.63, 3.8) is 0 Å². The Morgan fingerprint density at radius 2 is 1.65 bits per heavy atom. The van der Waals surface area contributed by atoms with Crippen molar-refractivity contribution in [1.82, 2.24) is 0 Å². The fourth-order valence-electron chi connectivity index (χ4n) is 5.54. The molecule has 0 fully saturated rings. The van der Waals surface area contributed by atoms with E-state index < -0.39 is 27.7 Å². The zero-order chi connectivity index (χ0) is 30.9. The van der Waals surface area contributed by atoms with E-state index in [0.29, 0.717) is 29.0 Å². The standard InChI is InChI=1S/C35H37NO6S/c1-22-19-29(36-43(39,40)28-15-9-13-25(21-28)24-11-7-6-8-12-24)23(2)32(33(34(37)38)42-35(3,4)5)31(22)27-16-17-30-26(20-27)14-10-18-41-30/h6-9,11-13,15-17,19-21,33,36H,10,14,18H2,1-5H3,(H,37,38). The molecule has 0 amide bonds. The van der Waals surface area contributed by atoms with Crippen molar-refractivity contribution in [3.8, 4) is 28.0 Å². The summed E-state index contributed by atoms with van der Waals surface area (Å²) in [6.45, 7) is 9.66. The molecule has 1 aliphatic rings. The van der Waals surface area contributed by atoms with Crippen LogP contribution in [-0.4, -0.2) is 31.7 Å². The molecule has 0 radical (unpaired) electrons. The van der Waals surface area contributed by atoms with E-state index in [2.05, 4.69) is 4.72 Å². The average Bonchev–Trinajstić information content (AvgIpc) is 2.97. The molecule has 1 atom stereocenters. The number of anilines is 1. The fraction of sp³-hybridized carbons (Fsp3) is 0.286. The van der Waals surface area contributed by atoms with Gasteiger partial charge in [0.25, 0.3) is 10.0 Å². The highest BCUT2D eigenvalue weighted by molar-refractivity contribution is 7.92. The Labute approximate surface area is 253 Å². The maximum atomic E-state index is 13.7. The van der Waals surface area contributed by atoms with Crippen molar-refractivity contribution >= 4 is 21.7 Å². The van der Waals surface area contributed by atoms with Crippen LogP contribution in [0.15, 0.2) is 83.8 Å². The molecule has 1 unspecified atom stereocenters. The fourth-order valence-corrected chi connectivity index (χ4v) is 6.70. The number of nitrogens with one attached hydrogen (secondary N) is 1. The van der Waals surface area contributed by atoms with Crippen molar-refractivity contribution in [3.05, 3.63) is 101 Å². The van der Waals surface area contributed by atoms with E-state index in [-0.39, 0.29) is 4.90 Å². The molecule has 2 N–H and O–H groups in total. The number of aliphatic carboxylic acids is 1. The summed E-state index contributed by atoms with van der Waals surface area (Å²) in [5.41, 5.74) is 5.39. The molecule has 0 aromatic heterocycles. The van der Waals surface area contributed by atoms with Gasteiger partial charge in [0.15, 0.2) is 6.10 Å². The first kappa shape index (κ1) is 30.3. The quantitative estimate of drug-likeness (QED) is 0.215. The number of benzene rings is 4. The number of carbonyl (C=O) groups is 1. The molecule has 0 aliphatic carbocycles. The predicted molar refractivity (Wildman–Crippen MR) is 169 cm³/mol. The van der Waals surface area contributed by atoms with E-state index in [9.17, 15) is 18.3 Å². The molecule has 0 saturated heterocycles. The molecular formula is C35H37NO6S. The van der Waals surface area contributed by atoms with E-state index >= 15 is 0 Å². The third-order valence-electron chi connectivity index (χ3n) is 7.48. The minimum atomic E-state index is -4.03. The number of carboxylic acids is 1. The minimum absolute atomic E-state index is 0.104. The molecule has 7 nitrogen and oxygen atoms in total. The third kappa shape index (κ3) is 6.60. The second kappa shape index (κ2) is 11.9. The van der Waals surface area contributed by atoms with Crippen molar-refractivity contribution in [2.24, 2.45) is 0 Å². The van der Waals surface area contributed by atoms with Crippen LogP contribution < -0.4 is 9.46 Å². The van der Waals surface area contributed by atoms with Gasteiger partial charge in [0, 0.05) is 5.56 Å². The van der Waals surface area contributed by atoms with Gasteiger partial charge in [0.2, 0.25) is 0 Å². The lowest BCUT2D eigenvalue weighted by Gasteiger charge is -2.30. The third-order valence-corrected chi connectivity index (χ3v) is 8.85. The number of rotatable bonds is 8. The summed E-state index contributed by atoms with van der Waals surface area (Å²) in [5, 5.41) is 10.4. The van der Waals surface area contributed by atoms with Gasteiger partial charge in [-0.2, -0.15) is 0 Å². The number of hydrogen-bond acceptors (Lipinski definition) is 5. The van der Waals surface area contributed by atoms with Crippen LogP contribution in [0.3, 0.4) is 0 Å². The Balaban J connectivity index is 1.64. The highest BCUT2D eigenvalue weighted by atomic mass is 32.2. The summed E-state index contributed by atoms with van der Waals surface area (Å²) in [7, 11) is -4.03. The first-order chi connectivity index (χ1) is 20.3. The maximum absolute atomic E-state index is 13.7. The zero-order valence-corrected chi connectivity index (χ0v) is 25.9. The number of aryl methyl sites for hydroxylation is 2. The lowest BCUT2D eigenvalue weighted by atomic mass is 9.86. The van der Waals surface area contributed by atoms with E-state index in [0.717, 1.165) is 46.4 Å². The molecular weight excluding hydrogens is 562 g/mol. The molecule has 0 bridgehead atoms. The van der Waals surface area contributed by atoms with Gasteiger partial charge < -0.3 is 14.6 Å². The number of fused-ring (bicyclic) bond motifs is 1. The summed E-state index contributed by atoms with van der Waals surface area (Å²) in [4.78, 5) is 12.9. The van der Waals surface area contributed by atoms with Gasteiger partial charge in [-0.15, -0.1) is 0 Å². The lowest BCUT2D eigenvalue weighted by Crippen LogP contribution is -2.28. The average molecular weight is 600 g/mol. The van der Waals surface area contributed by atoms with Crippen LogP contribution in [0.4, 0.5) is 5.69 Å². The number of ether oxygens (including phenoxy) is 2. The summed E-state index contributed by atoms with van der Waals surface area (Å²) >= 11 is 0. The SMILES string of the molecule is Cc1cc(NS(=O)(=O)c2cccc(-c3ccccc3)c2)c(C)c(C(OC(C)(C)C)C(=O)O)c1-c1ccc2c(c1)CCCO2. The van der Waals surface area contributed by atoms with Crippen LogP contribution >= 0.6 is 0 Å². The normalized spacial score (nSPS) is 14.0. The number of sulfonamides is 1. The van der Waals surface area contributed by atoms with Gasteiger partial charge in [-0.25, -0.2) is 13.2 Å². The topological polar surface area (TPSA) is 102 Å². The molecule has 8 heteroatoms. The Hall–Kier alpha value is -4.14. The molecule has 4 aromatic rings. The second-order valence-electron chi connectivity index (χ2n) is 11.9. The summed E-state index contributed by atoms with van der Waals surface area (Å²) in [6.07, 6.45) is 0.419. The monoisotopic (exact) mass is 599 g/mol. The van der Waals surface area contributed by atoms with Gasteiger partial charge >= 0.3 is 5.97 Å². The molecule has 4 aromatic carbocycles. The van der Waals surface area contributed by atoms with Gasteiger partial charge in [0.05, 0.1) is 22.8 Å². The van der Waals surface area contributed by atoms with E-state index in [1.165, 1.54) is 0 Å². The van der Waals surface area contributed by atoms with E-state index in [4.69, 9.17) is 9.47 Å². The molecule has 1 heterocycles. The Morgan fingerprint density at radius 3 is 2.35 bits per heavy atom. The molecule has 0 saturated carbocycles. The predicted octanol–water partition coefficient (Wildman–Crippen LogP) is 7.70. The first-order valence-corrected chi connectivity index (χ1v) is 15.8. The Bertz CT molecular complexity index is 1770. The number of carboxylic acid groups (broad SMARTS) is 1. The van der Waals surface area contributed by atoms with Crippen molar-refractivity contribution in [1.29, 1.82) is 0 Å². The highest BCUT2D eigenvalue weighted by Crippen LogP contribution is 2.42. The Morgan fingerprint density at radius 1 is 0.930 bits per heavy atom. The highest BCUT2D eigenvalue weighted by Gasteiger charge is 2.33. The molecule has 224 valence electrons. The smallest absolute Gasteiger partial charge is 0.337 e. The Kier molecular flexibility index (Phi) is 8.36. The van der Waals surface area contributed by atoms with Crippen LogP contribution in [0.1, 0.15) is 55.5 Å². The van der Waals surface area contributed by atoms with E-state index in [1.54, 1.807) is 52.0 Å². The number of hydrogen-bond donors (Lipinski definition) is 2.